The molecule has 0 saturated heterocycles. The van der Waals surface area contributed by atoms with Gasteiger partial charge in [0.15, 0.2) is 0 Å². The van der Waals surface area contributed by atoms with Gasteiger partial charge in [0.25, 0.3) is 0 Å². The molecule has 3 rings (SSSR count). The molecule has 0 bridgehead atoms. The molecule has 1 aliphatic carbocycles. The van der Waals surface area contributed by atoms with Crippen LogP contribution in [0.1, 0.15) is 20.3 Å². The summed E-state index contributed by atoms with van der Waals surface area (Å²) in [6.45, 7) is 4.00. The Morgan fingerprint density at radius 2 is 1.67 bits per heavy atom. The van der Waals surface area contributed by atoms with Gasteiger partial charge in [-0.25, -0.2) is 0 Å². The smallest absolute Gasteiger partial charge is 0.0414 e. The van der Waals surface area contributed by atoms with Gasteiger partial charge in [-0.2, -0.15) is 0 Å². The average Bonchev–Trinajstić information content (AvgIpc) is 2.85. The molecule has 1 heteroatoms. The summed E-state index contributed by atoms with van der Waals surface area (Å²) in [5, 5.41) is 2.56. The summed E-state index contributed by atoms with van der Waals surface area (Å²) in [6, 6.07) is 15.0. The standard InChI is InChI=1S/C18H17N.C2H6/c1-19(17-10-4-2-3-5-11-17)18-13-12-15-8-6-7-9-16(15)14-18;1-2/h2,4-14H,3H2,1H3;1-2H3. The van der Waals surface area contributed by atoms with E-state index in [4.69, 9.17) is 0 Å². The maximum absolute atomic E-state index is 2.23. The Hall–Kier alpha value is -2.28. The van der Waals surface area contributed by atoms with Crippen LogP contribution in [0.25, 0.3) is 10.8 Å². The molecule has 0 atom stereocenters. The van der Waals surface area contributed by atoms with Gasteiger partial charge in [0.05, 0.1) is 0 Å². The summed E-state index contributed by atoms with van der Waals surface area (Å²) >= 11 is 0. The van der Waals surface area contributed by atoms with E-state index in [1.54, 1.807) is 0 Å². The summed E-state index contributed by atoms with van der Waals surface area (Å²) in [5.74, 6) is 0. The van der Waals surface area contributed by atoms with E-state index in [1.807, 2.05) is 13.8 Å². The third-order valence-corrected chi connectivity index (χ3v) is 3.47. The van der Waals surface area contributed by atoms with Crippen LogP contribution in [0.2, 0.25) is 0 Å². The number of rotatable bonds is 2. The minimum atomic E-state index is 1.01. The molecule has 2 aromatic rings. The van der Waals surface area contributed by atoms with E-state index in [1.165, 1.54) is 22.2 Å². The molecule has 0 heterocycles. The van der Waals surface area contributed by atoms with Gasteiger partial charge < -0.3 is 4.90 Å². The van der Waals surface area contributed by atoms with Crippen molar-refractivity contribution in [2.75, 3.05) is 11.9 Å². The van der Waals surface area contributed by atoms with Gasteiger partial charge in [-0.15, -0.1) is 0 Å². The van der Waals surface area contributed by atoms with Gasteiger partial charge in [-0.1, -0.05) is 62.4 Å². The van der Waals surface area contributed by atoms with E-state index in [-0.39, 0.29) is 0 Å². The van der Waals surface area contributed by atoms with E-state index >= 15 is 0 Å². The largest absolute Gasteiger partial charge is 0.345 e. The van der Waals surface area contributed by atoms with Gasteiger partial charge in [0.2, 0.25) is 0 Å². The second-order valence-corrected chi connectivity index (χ2v) is 4.75. The second-order valence-electron chi connectivity index (χ2n) is 4.75. The Labute approximate surface area is 127 Å². The van der Waals surface area contributed by atoms with Gasteiger partial charge in [-0.3, -0.25) is 0 Å². The molecule has 0 radical (unpaired) electrons. The molecule has 0 aromatic heterocycles. The van der Waals surface area contributed by atoms with Crippen LogP contribution < -0.4 is 4.90 Å². The van der Waals surface area contributed by atoms with Crippen molar-refractivity contribution >= 4 is 16.5 Å². The normalized spacial score (nSPS) is 13.2. The van der Waals surface area contributed by atoms with Crippen molar-refractivity contribution in [1.82, 2.24) is 0 Å². The Morgan fingerprint density at radius 1 is 0.905 bits per heavy atom. The number of allylic oxidation sites excluding steroid dienone is 5. The van der Waals surface area contributed by atoms with Crippen LogP contribution in [0.4, 0.5) is 5.69 Å². The van der Waals surface area contributed by atoms with Crippen LogP contribution in [-0.4, -0.2) is 7.05 Å². The highest BCUT2D eigenvalue weighted by Gasteiger charge is 2.05. The second kappa shape index (κ2) is 7.49. The SMILES string of the molecule is CC.CN(C1=CC=CCC=C1)c1ccc2ccccc2c1. The van der Waals surface area contributed by atoms with Gasteiger partial charge in [-0.05, 0) is 41.5 Å². The fraction of sp³-hybridized carbons (Fsp3) is 0.200. The van der Waals surface area contributed by atoms with Gasteiger partial charge >= 0.3 is 0 Å². The lowest BCUT2D eigenvalue weighted by Gasteiger charge is -2.20. The minimum absolute atomic E-state index is 1.01. The number of fused-ring (bicyclic) bond motifs is 1. The molecule has 108 valence electrons. The van der Waals surface area contributed by atoms with Crippen molar-refractivity contribution < 1.29 is 0 Å². The number of nitrogens with zero attached hydrogens (tertiary/aromatic N) is 1. The van der Waals surface area contributed by atoms with Crippen molar-refractivity contribution in [2.45, 2.75) is 20.3 Å². The summed E-state index contributed by atoms with van der Waals surface area (Å²) in [7, 11) is 2.11. The van der Waals surface area contributed by atoms with Crippen molar-refractivity contribution in [3.63, 3.8) is 0 Å². The predicted molar refractivity (Wildman–Crippen MR) is 94.7 cm³/mol. The fourth-order valence-electron chi connectivity index (χ4n) is 2.33. The zero-order valence-corrected chi connectivity index (χ0v) is 13.1. The van der Waals surface area contributed by atoms with Crippen LogP contribution in [-0.2, 0) is 0 Å². The molecule has 1 aliphatic rings. The van der Waals surface area contributed by atoms with E-state index in [0.29, 0.717) is 0 Å². The van der Waals surface area contributed by atoms with Gasteiger partial charge in [0, 0.05) is 18.4 Å². The molecule has 0 N–H and O–H groups in total. The number of anilines is 1. The minimum Gasteiger partial charge on any atom is -0.345 e. The molecule has 0 saturated carbocycles. The van der Waals surface area contributed by atoms with Crippen LogP contribution in [0, 0.1) is 0 Å². The first-order valence-electron chi connectivity index (χ1n) is 7.60. The third-order valence-electron chi connectivity index (χ3n) is 3.47. The zero-order chi connectivity index (χ0) is 15.1. The summed E-state index contributed by atoms with van der Waals surface area (Å²) in [6.07, 6.45) is 11.8. The summed E-state index contributed by atoms with van der Waals surface area (Å²) in [4.78, 5) is 2.22. The summed E-state index contributed by atoms with van der Waals surface area (Å²) < 4.78 is 0. The summed E-state index contributed by atoms with van der Waals surface area (Å²) in [5.41, 5.74) is 2.42. The van der Waals surface area contributed by atoms with Crippen LogP contribution in [0.15, 0.2) is 78.5 Å². The molecule has 0 spiro atoms. The Kier molecular flexibility index (Phi) is 5.39. The maximum Gasteiger partial charge on any atom is 0.0414 e. The number of benzene rings is 2. The molecule has 0 aliphatic heterocycles. The molecule has 1 nitrogen and oxygen atoms in total. The lowest BCUT2D eigenvalue weighted by atomic mass is 10.1. The maximum atomic E-state index is 2.23. The lowest BCUT2D eigenvalue weighted by Crippen LogP contribution is -2.14. The monoisotopic (exact) mass is 277 g/mol. The van der Waals surface area contributed by atoms with E-state index in [2.05, 4.69) is 84.8 Å². The highest BCUT2D eigenvalue weighted by molar-refractivity contribution is 5.86. The van der Waals surface area contributed by atoms with Crippen molar-refractivity contribution in [2.24, 2.45) is 0 Å². The molecule has 2 aromatic carbocycles. The number of likely N-dealkylation sites (N-methyl/N-ethyl adjacent to an activating group) is 1. The third kappa shape index (κ3) is 3.63. The van der Waals surface area contributed by atoms with E-state index < -0.39 is 0 Å². The quantitative estimate of drug-likeness (QED) is 0.680. The topological polar surface area (TPSA) is 3.24 Å². The Morgan fingerprint density at radius 3 is 2.48 bits per heavy atom. The average molecular weight is 277 g/mol. The highest BCUT2D eigenvalue weighted by Crippen LogP contribution is 2.24. The van der Waals surface area contributed by atoms with E-state index in [9.17, 15) is 0 Å². The van der Waals surface area contributed by atoms with Crippen LogP contribution >= 0.6 is 0 Å². The first-order valence-corrected chi connectivity index (χ1v) is 7.60. The molecule has 0 fully saturated rings. The fourth-order valence-corrected chi connectivity index (χ4v) is 2.33. The predicted octanol–water partition coefficient (Wildman–Crippen LogP) is 5.70. The van der Waals surface area contributed by atoms with Crippen LogP contribution in [0.5, 0.6) is 0 Å². The number of hydrogen-bond acceptors (Lipinski definition) is 1. The van der Waals surface area contributed by atoms with Crippen molar-refractivity contribution in [3.05, 3.63) is 78.5 Å². The first-order chi connectivity index (χ1) is 10.3. The van der Waals surface area contributed by atoms with Crippen LogP contribution in [0.3, 0.4) is 0 Å². The van der Waals surface area contributed by atoms with Crippen molar-refractivity contribution in [1.29, 1.82) is 0 Å². The number of hydrogen-bond donors (Lipinski definition) is 0. The molecular weight excluding hydrogens is 254 g/mol. The zero-order valence-electron chi connectivity index (χ0n) is 13.1. The van der Waals surface area contributed by atoms with Gasteiger partial charge in [0.1, 0.15) is 0 Å². The first kappa shape index (κ1) is 15.1. The highest BCUT2D eigenvalue weighted by atomic mass is 15.1. The Bertz CT molecular complexity index is 677. The Balaban J connectivity index is 0.000000774. The van der Waals surface area contributed by atoms with E-state index in [0.717, 1.165) is 6.42 Å². The molecule has 0 amide bonds. The molecular formula is C20H23N. The van der Waals surface area contributed by atoms with Crippen molar-refractivity contribution in [3.8, 4) is 0 Å². The molecule has 0 unspecified atom stereocenters. The molecule has 21 heavy (non-hydrogen) atoms. The lowest BCUT2D eigenvalue weighted by molar-refractivity contribution is 1.14.